The van der Waals surface area contributed by atoms with Crippen LogP contribution in [0.3, 0.4) is 0 Å². The smallest absolute Gasteiger partial charge is 0.219 e. The van der Waals surface area contributed by atoms with Crippen molar-refractivity contribution >= 4 is 23.0 Å². The molecule has 7 heteroatoms. The van der Waals surface area contributed by atoms with Crippen molar-refractivity contribution in [3.63, 3.8) is 0 Å². The average molecular weight is 371 g/mol. The third-order valence-electron chi connectivity index (χ3n) is 3.21. The number of hydrogen-bond donors (Lipinski definition) is 1. The zero-order valence-electron chi connectivity index (χ0n) is 14.0. The molecule has 2 aromatic rings. The lowest BCUT2D eigenvalue weighted by atomic mass is 10.2. The Morgan fingerprint density at radius 1 is 1.29 bits per heavy atom. The van der Waals surface area contributed by atoms with Gasteiger partial charge in [-0.1, -0.05) is 17.7 Å². The first-order valence-electron chi connectivity index (χ1n) is 7.44. The van der Waals surface area contributed by atoms with Crippen LogP contribution in [-0.2, 0) is 11.4 Å². The van der Waals surface area contributed by atoms with Crippen LogP contribution in [0.15, 0.2) is 36.5 Å². The van der Waals surface area contributed by atoms with Crippen LogP contribution in [-0.4, -0.2) is 14.3 Å². The van der Waals surface area contributed by atoms with E-state index in [0.717, 1.165) is 5.56 Å². The van der Waals surface area contributed by atoms with Gasteiger partial charge in [-0.3, -0.25) is 0 Å². The quantitative estimate of drug-likeness (QED) is 0.769. The largest absolute Gasteiger partial charge is 0.598 e. The van der Waals surface area contributed by atoms with Crippen molar-refractivity contribution in [2.45, 2.75) is 38.5 Å². The summed E-state index contributed by atoms with van der Waals surface area (Å²) in [5.41, 5.74) is 0.858. The van der Waals surface area contributed by atoms with E-state index >= 15 is 0 Å². The van der Waals surface area contributed by atoms with Crippen LogP contribution in [0, 0.1) is 5.82 Å². The molecule has 2 rings (SSSR count). The summed E-state index contributed by atoms with van der Waals surface area (Å²) >= 11 is 4.52. The van der Waals surface area contributed by atoms with Gasteiger partial charge in [0.2, 0.25) is 5.88 Å². The van der Waals surface area contributed by atoms with E-state index in [4.69, 9.17) is 16.3 Å². The Morgan fingerprint density at radius 2 is 2.00 bits per heavy atom. The second-order valence-electron chi connectivity index (χ2n) is 6.33. The van der Waals surface area contributed by atoms with Gasteiger partial charge in [-0.05, 0) is 51.5 Å². The summed E-state index contributed by atoms with van der Waals surface area (Å²) in [6.07, 6.45) is 1.61. The number of aromatic nitrogens is 1. The standard InChI is InChI=1S/C17H20ClFN2O2S/c1-11(21-24(22)17(2,3)4)12-5-8-16(20-10-12)23-15-7-6-13(18)9-14(15)19/h5-11,21H,1-4H3/t11-,24?/m0/s1. The summed E-state index contributed by atoms with van der Waals surface area (Å²) in [4.78, 5) is 4.17. The predicted octanol–water partition coefficient (Wildman–Crippen LogP) is 4.78. The molecule has 1 aromatic heterocycles. The SMILES string of the molecule is C[C@H](N[S+]([O-])C(C)(C)C)c1ccc(Oc2ccc(Cl)cc2F)nc1. The summed E-state index contributed by atoms with van der Waals surface area (Å²) in [6, 6.07) is 7.47. The van der Waals surface area contributed by atoms with Crippen molar-refractivity contribution < 1.29 is 13.7 Å². The van der Waals surface area contributed by atoms with Crippen LogP contribution >= 0.6 is 11.6 Å². The van der Waals surface area contributed by atoms with E-state index in [1.54, 1.807) is 24.4 Å². The Labute approximate surface area is 149 Å². The molecule has 0 aliphatic heterocycles. The van der Waals surface area contributed by atoms with Crippen molar-refractivity contribution in [3.8, 4) is 11.6 Å². The van der Waals surface area contributed by atoms with Crippen molar-refractivity contribution in [3.05, 3.63) is 52.9 Å². The highest BCUT2D eigenvalue weighted by molar-refractivity contribution is 7.90. The molecule has 0 amide bonds. The van der Waals surface area contributed by atoms with Crippen LogP contribution in [0.5, 0.6) is 11.6 Å². The van der Waals surface area contributed by atoms with Crippen LogP contribution in [0.25, 0.3) is 0 Å². The van der Waals surface area contributed by atoms with Crippen LogP contribution in [0.4, 0.5) is 4.39 Å². The van der Waals surface area contributed by atoms with Gasteiger partial charge in [0.15, 0.2) is 11.6 Å². The summed E-state index contributed by atoms with van der Waals surface area (Å²) in [6.45, 7) is 7.61. The molecule has 4 nitrogen and oxygen atoms in total. The van der Waals surface area contributed by atoms with E-state index in [1.165, 1.54) is 12.1 Å². The number of halogens is 2. The molecule has 0 bridgehead atoms. The first-order valence-corrected chi connectivity index (χ1v) is 8.96. The molecular formula is C17H20ClFN2O2S. The highest BCUT2D eigenvalue weighted by atomic mass is 35.5. The van der Waals surface area contributed by atoms with Gasteiger partial charge in [-0.25, -0.2) is 9.37 Å². The van der Waals surface area contributed by atoms with Crippen molar-refractivity contribution in [2.75, 3.05) is 0 Å². The fourth-order valence-corrected chi connectivity index (χ4v) is 2.75. The molecule has 0 radical (unpaired) electrons. The second kappa shape index (κ2) is 7.70. The Balaban J connectivity index is 2.05. The lowest BCUT2D eigenvalue weighted by molar-refractivity contribution is 0.427. The van der Waals surface area contributed by atoms with Crippen LogP contribution < -0.4 is 9.46 Å². The maximum Gasteiger partial charge on any atom is 0.219 e. The van der Waals surface area contributed by atoms with Crippen molar-refractivity contribution in [2.24, 2.45) is 0 Å². The van der Waals surface area contributed by atoms with Gasteiger partial charge in [0, 0.05) is 28.6 Å². The highest BCUT2D eigenvalue weighted by Crippen LogP contribution is 2.26. The molecule has 1 unspecified atom stereocenters. The molecule has 0 saturated heterocycles. The van der Waals surface area contributed by atoms with E-state index < -0.39 is 17.2 Å². The van der Waals surface area contributed by atoms with Crippen molar-refractivity contribution in [1.82, 2.24) is 9.71 Å². The Bertz CT molecular complexity index is 692. The first-order chi connectivity index (χ1) is 11.2. The van der Waals surface area contributed by atoms with E-state index in [0.29, 0.717) is 5.02 Å². The van der Waals surface area contributed by atoms with E-state index in [1.807, 2.05) is 27.7 Å². The maximum atomic E-state index is 13.7. The Hall–Kier alpha value is -1.34. The molecule has 0 spiro atoms. The third kappa shape index (κ3) is 5.08. The number of benzene rings is 1. The van der Waals surface area contributed by atoms with E-state index in [9.17, 15) is 8.94 Å². The zero-order valence-corrected chi connectivity index (χ0v) is 15.5. The number of hydrogen-bond acceptors (Lipinski definition) is 4. The van der Waals surface area contributed by atoms with Gasteiger partial charge in [0.25, 0.3) is 0 Å². The van der Waals surface area contributed by atoms with Gasteiger partial charge < -0.3 is 9.29 Å². The van der Waals surface area contributed by atoms with E-state index in [2.05, 4.69) is 9.71 Å². The maximum absolute atomic E-state index is 13.7. The zero-order chi connectivity index (χ0) is 17.9. The molecule has 1 heterocycles. The molecule has 1 N–H and O–H groups in total. The predicted molar refractivity (Wildman–Crippen MR) is 95.2 cm³/mol. The summed E-state index contributed by atoms with van der Waals surface area (Å²) in [5.74, 6) is -0.229. The van der Waals surface area contributed by atoms with Gasteiger partial charge in [-0.2, -0.15) is 0 Å². The fraction of sp³-hybridized carbons (Fsp3) is 0.353. The molecule has 0 saturated carbocycles. The highest BCUT2D eigenvalue weighted by Gasteiger charge is 2.28. The molecule has 2 atom stereocenters. The molecule has 24 heavy (non-hydrogen) atoms. The molecular weight excluding hydrogens is 351 g/mol. The minimum Gasteiger partial charge on any atom is -0.598 e. The summed E-state index contributed by atoms with van der Waals surface area (Å²) < 4.78 is 33.9. The number of nitrogens with one attached hydrogen (secondary N) is 1. The number of ether oxygens (including phenoxy) is 1. The molecule has 130 valence electrons. The third-order valence-corrected chi connectivity index (χ3v) is 5.12. The Morgan fingerprint density at radius 3 is 2.54 bits per heavy atom. The molecule has 0 aliphatic rings. The number of nitrogens with zero attached hydrogens (tertiary/aromatic N) is 1. The molecule has 0 fully saturated rings. The number of pyridine rings is 1. The van der Waals surface area contributed by atoms with E-state index in [-0.39, 0.29) is 22.4 Å². The van der Waals surface area contributed by atoms with Gasteiger partial charge >= 0.3 is 0 Å². The van der Waals surface area contributed by atoms with Gasteiger partial charge in [0.1, 0.15) is 4.75 Å². The monoisotopic (exact) mass is 370 g/mol. The minimum absolute atomic E-state index is 0.0552. The summed E-state index contributed by atoms with van der Waals surface area (Å²) in [5, 5.41) is 0.301. The Kier molecular flexibility index (Phi) is 6.09. The summed E-state index contributed by atoms with van der Waals surface area (Å²) in [7, 11) is 0. The fourth-order valence-electron chi connectivity index (χ4n) is 1.78. The minimum atomic E-state index is -1.18. The number of rotatable bonds is 5. The van der Waals surface area contributed by atoms with Crippen LogP contribution in [0.1, 0.15) is 39.3 Å². The van der Waals surface area contributed by atoms with Crippen LogP contribution in [0.2, 0.25) is 5.02 Å². The lowest BCUT2D eigenvalue weighted by Gasteiger charge is -2.26. The second-order valence-corrected chi connectivity index (χ2v) is 8.76. The lowest BCUT2D eigenvalue weighted by Crippen LogP contribution is -2.40. The topological polar surface area (TPSA) is 57.2 Å². The van der Waals surface area contributed by atoms with Crippen molar-refractivity contribution in [1.29, 1.82) is 0 Å². The van der Waals surface area contributed by atoms with Gasteiger partial charge in [0.05, 0.1) is 6.04 Å². The average Bonchev–Trinajstić information content (AvgIpc) is 2.49. The normalized spacial score (nSPS) is 14.3. The molecule has 0 aliphatic carbocycles. The first kappa shape index (κ1) is 19.0. The molecule has 1 aromatic carbocycles. The van der Waals surface area contributed by atoms with Gasteiger partial charge in [-0.15, -0.1) is 4.72 Å².